The molecule has 12 heteroatoms. The number of fused-ring (bicyclic) bond motifs is 1. The van der Waals surface area contributed by atoms with E-state index in [0.717, 1.165) is 37.0 Å². The van der Waals surface area contributed by atoms with Crippen molar-refractivity contribution in [1.29, 1.82) is 0 Å². The molecule has 1 fully saturated rings. The first-order valence-electron chi connectivity index (χ1n) is 10.4. The molecule has 1 N–H and O–H groups in total. The van der Waals surface area contributed by atoms with Gasteiger partial charge >= 0.3 is 0 Å². The molecule has 0 aliphatic carbocycles. The summed E-state index contributed by atoms with van der Waals surface area (Å²) >= 11 is 0. The number of rotatable bonds is 7. The number of aryl methyl sites for hydroxylation is 1. The summed E-state index contributed by atoms with van der Waals surface area (Å²) in [5.41, 5.74) is 0. The summed E-state index contributed by atoms with van der Waals surface area (Å²) in [6.07, 6.45) is 3.35. The van der Waals surface area contributed by atoms with Gasteiger partial charge < -0.3 is 19.5 Å². The molecule has 1 aromatic heterocycles. The van der Waals surface area contributed by atoms with Gasteiger partial charge in [0.25, 0.3) is 0 Å². The van der Waals surface area contributed by atoms with Crippen molar-refractivity contribution in [1.82, 2.24) is 29.3 Å². The van der Waals surface area contributed by atoms with Gasteiger partial charge in [-0.05, 0) is 26.7 Å². The Morgan fingerprint density at radius 3 is 2.57 bits per heavy atom. The monoisotopic (exact) mass is 555 g/mol. The molecule has 0 bridgehead atoms. The molecule has 10 nitrogen and oxygen atoms in total. The lowest BCUT2D eigenvalue weighted by Gasteiger charge is -2.35. The smallest absolute Gasteiger partial charge is 0.216 e. The van der Waals surface area contributed by atoms with Crippen LogP contribution in [0.5, 0.6) is 0 Å². The first kappa shape index (κ1) is 25.3. The molecule has 0 saturated carbocycles. The Hall–Kier alpha value is -0.990. The highest BCUT2D eigenvalue weighted by atomic mass is 127. The van der Waals surface area contributed by atoms with Gasteiger partial charge in [0.15, 0.2) is 11.8 Å². The van der Waals surface area contributed by atoms with E-state index in [9.17, 15) is 8.42 Å². The molecule has 2 aliphatic rings. The van der Waals surface area contributed by atoms with E-state index in [1.165, 1.54) is 6.42 Å². The summed E-state index contributed by atoms with van der Waals surface area (Å²) in [5.74, 6) is 2.77. The van der Waals surface area contributed by atoms with Gasteiger partial charge in [-0.25, -0.2) is 8.42 Å². The van der Waals surface area contributed by atoms with Gasteiger partial charge in [0, 0.05) is 46.2 Å². The Morgan fingerprint density at radius 1 is 1.17 bits per heavy atom. The SMILES string of the molecule is CN=C(NCc1nnc2n1CCCC2)N1CCN(S(=O)(=O)CCOC(C)C)CC1.I. The van der Waals surface area contributed by atoms with Crippen LogP contribution in [-0.2, 0) is 34.3 Å². The van der Waals surface area contributed by atoms with E-state index < -0.39 is 10.0 Å². The van der Waals surface area contributed by atoms with Gasteiger partial charge in [0.2, 0.25) is 10.0 Å². The van der Waals surface area contributed by atoms with Crippen LogP contribution < -0.4 is 5.32 Å². The zero-order valence-electron chi connectivity index (χ0n) is 18.1. The highest BCUT2D eigenvalue weighted by Crippen LogP contribution is 2.14. The quantitative estimate of drug-likeness (QED) is 0.300. The molecule has 0 radical (unpaired) electrons. The minimum Gasteiger partial charge on any atom is -0.378 e. The van der Waals surface area contributed by atoms with Crippen LogP contribution in [-0.4, -0.2) is 90.0 Å². The number of halogens is 1. The lowest BCUT2D eigenvalue weighted by Crippen LogP contribution is -2.54. The van der Waals surface area contributed by atoms with Crippen LogP contribution in [0.1, 0.15) is 38.3 Å². The Bertz CT molecular complexity index is 805. The zero-order chi connectivity index (χ0) is 20.9. The second-order valence-electron chi connectivity index (χ2n) is 7.66. The summed E-state index contributed by atoms with van der Waals surface area (Å²) in [4.78, 5) is 6.45. The van der Waals surface area contributed by atoms with Crippen molar-refractivity contribution in [3.8, 4) is 0 Å². The van der Waals surface area contributed by atoms with Crippen molar-refractivity contribution in [2.75, 3.05) is 45.6 Å². The summed E-state index contributed by atoms with van der Waals surface area (Å²) in [6, 6.07) is 0. The molecule has 0 amide bonds. The fourth-order valence-corrected chi connectivity index (χ4v) is 4.97. The van der Waals surface area contributed by atoms with E-state index in [0.29, 0.717) is 32.7 Å². The van der Waals surface area contributed by atoms with E-state index in [2.05, 4.69) is 30.0 Å². The number of nitrogens with one attached hydrogen (secondary N) is 1. The van der Waals surface area contributed by atoms with Gasteiger partial charge in [0.1, 0.15) is 5.82 Å². The number of aliphatic imine (C=N–C) groups is 1. The highest BCUT2D eigenvalue weighted by Gasteiger charge is 2.28. The molecule has 172 valence electrons. The third-order valence-electron chi connectivity index (χ3n) is 5.28. The summed E-state index contributed by atoms with van der Waals surface area (Å²) in [7, 11) is -1.55. The van der Waals surface area contributed by atoms with Gasteiger partial charge in [0.05, 0.1) is 25.0 Å². The Labute approximate surface area is 196 Å². The average Bonchev–Trinajstić information content (AvgIpc) is 3.12. The van der Waals surface area contributed by atoms with E-state index in [1.807, 2.05) is 13.8 Å². The Morgan fingerprint density at radius 2 is 1.90 bits per heavy atom. The van der Waals surface area contributed by atoms with E-state index >= 15 is 0 Å². The zero-order valence-corrected chi connectivity index (χ0v) is 21.2. The fourth-order valence-electron chi connectivity index (χ4n) is 3.69. The van der Waals surface area contributed by atoms with Gasteiger partial charge in [-0.3, -0.25) is 4.99 Å². The normalized spacial score (nSPS) is 18.3. The first-order valence-corrected chi connectivity index (χ1v) is 12.0. The third kappa shape index (κ3) is 6.50. The van der Waals surface area contributed by atoms with Crippen LogP contribution in [0.3, 0.4) is 0 Å². The summed E-state index contributed by atoms with van der Waals surface area (Å²) < 4.78 is 34.1. The minimum atomic E-state index is -3.29. The van der Waals surface area contributed by atoms with Crippen molar-refractivity contribution < 1.29 is 13.2 Å². The van der Waals surface area contributed by atoms with Crippen LogP contribution >= 0.6 is 24.0 Å². The number of piperazine rings is 1. The van der Waals surface area contributed by atoms with Crippen LogP contribution in [0, 0.1) is 0 Å². The number of nitrogens with zero attached hydrogens (tertiary/aromatic N) is 6. The molecule has 0 aromatic carbocycles. The van der Waals surface area contributed by atoms with Crippen LogP contribution in [0.25, 0.3) is 0 Å². The Balaban J connectivity index is 0.00000320. The predicted octanol–water partition coefficient (Wildman–Crippen LogP) is 0.680. The lowest BCUT2D eigenvalue weighted by molar-refractivity contribution is 0.0904. The predicted molar refractivity (Wildman–Crippen MR) is 127 cm³/mol. The van der Waals surface area contributed by atoms with E-state index in [-0.39, 0.29) is 42.4 Å². The number of hydrogen-bond donors (Lipinski definition) is 1. The second kappa shape index (κ2) is 11.6. The van der Waals surface area contributed by atoms with Crippen molar-refractivity contribution in [3.63, 3.8) is 0 Å². The fraction of sp³-hybridized carbons (Fsp3) is 0.833. The van der Waals surface area contributed by atoms with Crippen molar-refractivity contribution in [3.05, 3.63) is 11.6 Å². The summed E-state index contributed by atoms with van der Waals surface area (Å²) in [5, 5.41) is 11.9. The number of aromatic nitrogens is 3. The third-order valence-corrected chi connectivity index (χ3v) is 7.11. The Kier molecular flexibility index (Phi) is 9.75. The number of guanidine groups is 1. The second-order valence-corrected chi connectivity index (χ2v) is 9.75. The van der Waals surface area contributed by atoms with Crippen molar-refractivity contribution >= 4 is 40.0 Å². The van der Waals surface area contributed by atoms with Crippen molar-refractivity contribution in [2.45, 2.75) is 52.3 Å². The maximum Gasteiger partial charge on any atom is 0.216 e. The largest absolute Gasteiger partial charge is 0.378 e. The molecular weight excluding hydrogens is 521 g/mol. The molecule has 30 heavy (non-hydrogen) atoms. The molecule has 2 aliphatic heterocycles. The standard InChI is InChI=1S/C18H33N7O3S.HI/c1-15(2)28-12-13-29(26,27)24-10-8-23(9-11-24)18(19-3)20-14-17-22-21-16-6-4-5-7-25(16)17;/h15H,4-14H2,1-3H3,(H,19,20);1H. The number of hydrogen-bond acceptors (Lipinski definition) is 6. The molecular formula is C18H34IN7O3S. The van der Waals surface area contributed by atoms with Crippen LogP contribution in [0.15, 0.2) is 4.99 Å². The number of ether oxygens (including phenoxy) is 1. The first-order chi connectivity index (χ1) is 13.9. The molecule has 3 rings (SSSR count). The molecule has 0 spiro atoms. The molecule has 0 unspecified atom stereocenters. The van der Waals surface area contributed by atoms with E-state index in [1.54, 1.807) is 11.4 Å². The maximum absolute atomic E-state index is 12.5. The maximum atomic E-state index is 12.5. The van der Waals surface area contributed by atoms with Gasteiger partial charge in [-0.2, -0.15) is 4.31 Å². The summed E-state index contributed by atoms with van der Waals surface area (Å²) in [6.45, 7) is 7.66. The minimum absolute atomic E-state index is 0. The highest BCUT2D eigenvalue weighted by molar-refractivity contribution is 14.0. The lowest BCUT2D eigenvalue weighted by atomic mass is 10.2. The number of sulfonamides is 1. The average molecular weight is 555 g/mol. The van der Waals surface area contributed by atoms with Crippen LogP contribution in [0.4, 0.5) is 0 Å². The topological polar surface area (TPSA) is 105 Å². The van der Waals surface area contributed by atoms with Gasteiger partial charge in [-0.15, -0.1) is 34.2 Å². The molecule has 1 saturated heterocycles. The van der Waals surface area contributed by atoms with E-state index in [4.69, 9.17) is 4.74 Å². The molecule has 3 heterocycles. The van der Waals surface area contributed by atoms with Gasteiger partial charge in [-0.1, -0.05) is 0 Å². The molecule has 0 atom stereocenters. The molecule has 1 aromatic rings. The van der Waals surface area contributed by atoms with Crippen molar-refractivity contribution in [2.24, 2.45) is 4.99 Å². The van der Waals surface area contributed by atoms with Crippen LogP contribution in [0.2, 0.25) is 0 Å².